The predicted octanol–water partition coefficient (Wildman–Crippen LogP) is 6.23. The van der Waals surface area contributed by atoms with E-state index in [-0.39, 0.29) is 18.6 Å². The Kier molecular flexibility index (Phi) is 7.58. The van der Waals surface area contributed by atoms with Gasteiger partial charge in [-0.05, 0) is 73.6 Å². The minimum absolute atomic E-state index is 0.152. The van der Waals surface area contributed by atoms with Gasteiger partial charge in [0.15, 0.2) is 6.04 Å². The highest BCUT2D eigenvalue weighted by Crippen LogP contribution is 2.39. The van der Waals surface area contributed by atoms with Crippen molar-refractivity contribution in [3.63, 3.8) is 0 Å². The van der Waals surface area contributed by atoms with Crippen LogP contribution in [-0.2, 0) is 11.3 Å². The average Bonchev–Trinajstić information content (AvgIpc) is 3.76. The van der Waals surface area contributed by atoms with Crippen molar-refractivity contribution in [3.8, 4) is 0 Å². The van der Waals surface area contributed by atoms with Crippen LogP contribution in [-0.4, -0.2) is 69.1 Å². The minimum atomic E-state index is -1.15. The number of carbonyl (C=O) groups excluding carboxylic acids is 2. The number of para-hydroxylation sites is 2. The van der Waals surface area contributed by atoms with Gasteiger partial charge in [0, 0.05) is 24.7 Å². The van der Waals surface area contributed by atoms with Gasteiger partial charge < -0.3 is 19.8 Å². The van der Waals surface area contributed by atoms with Gasteiger partial charge in [-0.3, -0.25) is 4.90 Å². The van der Waals surface area contributed by atoms with E-state index in [0.29, 0.717) is 48.2 Å². The van der Waals surface area contributed by atoms with Gasteiger partial charge >= 0.3 is 18.0 Å². The van der Waals surface area contributed by atoms with Crippen LogP contribution >= 0.6 is 11.6 Å². The zero-order chi connectivity index (χ0) is 28.5. The van der Waals surface area contributed by atoms with Crippen LogP contribution < -0.4 is 4.90 Å². The zero-order valence-electron chi connectivity index (χ0n) is 22.7. The maximum absolute atomic E-state index is 14.2. The molecule has 0 unspecified atom stereocenters. The number of hydrogen-bond donors (Lipinski definition) is 1. The van der Waals surface area contributed by atoms with Crippen LogP contribution in [0.4, 0.5) is 21.0 Å². The molecular formula is C32H33ClN4O4. The van der Waals surface area contributed by atoms with E-state index in [1.807, 2.05) is 89.8 Å². The highest BCUT2D eigenvalue weighted by Gasteiger charge is 2.54. The number of piperazine rings is 1. The van der Waals surface area contributed by atoms with Crippen molar-refractivity contribution < 1.29 is 19.5 Å². The molecule has 2 bridgehead atoms. The summed E-state index contributed by atoms with van der Waals surface area (Å²) in [5, 5.41) is 11.1. The number of urea groups is 2. The topological polar surface area (TPSA) is 84.4 Å². The van der Waals surface area contributed by atoms with E-state index in [1.54, 1.807) is 9.80 Å². The van der Waals surface area contributed by atoms with Gasteiger partial charge in [-0.2, -0.15) is 0 Å². The number of halogens is 1. The lowest BCUT2D eigenvalue weighted by Gasteiger charge is -2.47. The Morgan fingerprint density at radius 3 is 1.98 bits per heavy atom. The highest BCUT2D eigenvalue weighted by molar-refractivity contribution is 6.30. The van der Waals surface area contributed by atoms with Crippen LogP contribution in [0.3, 0.4) is 0 Å². The molecule has 3 fully saturated rings. The first-order valence-corrected chi connectivity index (χ1v) is 14.5. The summed E-state index contributed by atoms with van der Waals surface area (Å²) < 4.78 is 0. The molecule has 1 N–H and O–H groups in total. The van der Waals surface area contributed by atoms with Crippen molar-refractivity contribution in [2.45, 2.75) is 50.4 Å². The molecule has 0 spiro atoms. The number of amides is 4. The van der Waals surface area contributed by atoms with Gasteiger partial charge in [0.25, 0.3) is 0 Å². The molecule has 3 aliphatic rings. The van der Waals surface area contributed by atoms with Gasteiger partial charge in [0.05, 0.1) is 23.5 Å². The molecule has 3 aromatic carbocycles. The van der Waals surface area contributed by atoms with Crippen LogP contribution in [0.5, 0.6) is 0 Å². The second-order valence-electron chi connectivity index (χ2n) is 11.2. The molecule has 2 saturated heterocycles. The molecule has 6 rings (SSSR count). The second-order valence-corrected chi connectivity index (χ2v) is 11.6. The molecule has 9 heteroatoms. The van der Waals surface area contributed by atoms with E-state index >= 15 is 0 Å². The molecule has 3 atom stereocenters. The molecule has 1 saturated carbocycles. The van der Waals surface area contributed by atoms with E-state index in [4.69, 9.17) is 11.6 Å². The SMILES string of the molecule is O=C(O)[C@@H]1[C@H]2CC[C@@H](CN1C(=O)N(c1ccccc1)c1ccccc1)N2C(=O)N(Cc1ccc(Cl)cc1)CC1CC1. The van der Waals surface area contributed by atoms with Crippen LogP contribution in [0.15, 0.2) is 84.9 Å². The third-order valence-corrected chi connectivity index (χ3v) is 8.58. The van der Waals surface area contributed by atoms with Crippen molar-refractivity contribution in [3.05, 3.63) is 95.5 Å². The summed E-state index contributed by atoms with van der Waals surface area (Å²) in [6, 6.07) is 23.4. The molecule has 8 nitrogen and oxygen atoms in total. The largest absolute Gasteiger partial charge is 0.480 e. The molecule has 41 heavy (non-hydrogen) atoms. The number of carboxylic acid groups (broad SMARTS) is 1. The molecule has 1 aliphatic carbocycles. The average molecular weight is 573 g/mol. The number of likely N-dealkylation sites (tertiary alicyclic amines) is 1. The normalized spacial score (nSPS) is 21.4. The molecule has 2 heterocycles. The summed E-state index contributed by atoms with van der Waals surface area (Å²) in [7, 11) is 0. The van der Waals surface area contributed by atoms with Gasteiger partial charge in [0.1, 0.15) is 0 Å². The number of anilines is 2. The lowest BCUT2D eigenvalue weighted by Crippen LogP contribution is -2.67. The first kappa shape index (κ1) is 27.1. The van der Waals surface area contributed by atoms with Crippen molar-refractivity contribution in [1.82, 2.24) is 14.7 Å². The van der Waals surface area contributed by atoms with Crippen LogP contribution in [0.25, 0.3) is 0 Å². The predicted molar refractivity (Wildman–Crippen MR) is 157 cm³/mol. The van der Waals surface area contributed by atoms with E-state index in [2.05, 4.69) is 0 Å². The third-order valence-electron chi connectivity index (χ3n) is 8.33. The maximum atomic E-state index is 14.2. The summed E-state index contributed by atoms with van der Waals surface area (Å²) in [6.07, 6.45) is 3.36. The quantitative estimate of drug-likeness (QED) is 0.364. The monoisotopic (exact) mass is 572 g/mol. The summed E-state index contributed by atoms with van der Waals surface area (Å²) in [5.41, 5.74) is 2.27. The highest BCUT2D eigenvalue weighted by atomic mass is 35.5. The molecule has 2 aliphatic heterocycles. The number of carboxylic acids is 1. The second kappa shape index (κ2) is 11.4. The Morgan fingerprint density at radius 2 is 1.41 bits per heavy atom. The van der Waals surface area contributed by atoms with Crippen LogP contribution in [0, 0.1) is 5.92 Å². The van der Waals surface area contributed by atoms with E-state index in [9.17, 15) is 19.5 Å². The van der Waals surface area contributed by atoms with Gasteiger partial charge in [-0.1, -0.05) is 60.1 Å². The Bertz CT molecular complexity index is 1360. The number of nitrogens with zero attached hydrogens (tertiary/aromatic N) is 4. The Labute approximate surface area is 244 Å². The Hall–Kier alpha value is -4.04. The standard InChI is InChI=1S/C32H33ClN4O4/c33-24-15-13-23(14-16-24)20-34(19-22-11-12-22)31(40)37-27-17-18-28(37)29(30(38)39)35(21-27)32(41)36(25-7-3-1-4-8-25)26-9-5-2-6-10-26/h1-10,13-16,22,27-29H,11-12,17-21H2,(H,38,39)/t27-,28+,29-/m0/s1. The zero-order valence-corrected chi connectivity index (χ0v) is 23.4. The first-order valence-electron chi connectivity index (χ1n) is 14.2. The lowest BCUT2D eigenvalue weighted by atomic mass is 10.0. The molecule has 0 radical (unpaired) electrons. The summed E-state index contributed by atoms with van der Waals surface area (Å²) in [5.74, 6) is -0.638. The Balaban J connectivity index is 1.29. The molecule has 4 amide bonds. The summed E-state index contributed by atoms with van der Waals surface area (Å²) in [6.45, 7) is 1.22. The fourth-order valence-electron chi connectivity index (χ4n) is 6.19. The summed E-state index contributed by atoms with van der Waals surface area (Å²) >= 11 is 6.08. The van der Waals surface area contributed by atoms with Crippen LogP contribution in [0.2, 0.25) is 5.02 Å². The fraction of sp³-hybridized carbons (Fsp3) is 0.344. The van der Waals surface area contributed by atoms with E-state index in [0.717, 1.165) is 18.4 Å². The maximum Gasteiger partial charge on any atom is 0.329 e. The smallest absolute Gasteiger partial charge is 0.329 e. The van der Waals surface area contributed by atoms with Crippen LogP contribution in [0.1, 0.15) is 31.2 Å². The van der Waals surface area contributed by atoms with Crippen molar-refractivity contribution in [1.29, 1.82) is 0 Å². The number of benzene rings is 3. The molecule has 212 valence electrons. The first-order chi connectivity index (χ1) is 19.9. The van der Waals surface area contributed by atoms with Crippen molar-refractivity contribution in [2.24, 2.45) is 5.92 Å². The van der Waals surface area contributed by atoms with Gasteiger partial charge in [0.2, 0.25) is 0 Å². The molecule has 3 aromatic rings. The van der Waals surface area contributed by atoms with Gasteiger partial charge in [-0.15, -0.1) is 0 Å². The lowest BCUT2D eigenvalue weighted by molar-refractivity contribution is -0.145. The van der Waals surface area contributed by atoms with E-state index < -0.39 is 24.1 Å². The third kappa shape index (κ3) is 5.61. The molecule has 0 aromatic heterocycles. The minimum Gasteiger partial charge on any atom is -0.480 e. The number of carbonyl (C=O) groups is 3. The number of fused-ring (bicyclic) bond motifs is 2. The number of aliphatic carboxylic acids is 1. The number of hydrogen-bond acceptors (Lipinski definition) is 3. The molecular weight excluding hydrogens is 540 g/mol. The fourth-order valence-corrected chi connectivity index (χ4v) is 6.32. The van der Waals surface area contributed by atoms with Gasteiger partial charge in [-0.25, -0.2) is 14.4 Å². The van der Waals surface area contributed by atoms with Crippen molar-refractivity contribution >= 4 is 41.0 Å². The Morgan fingerprint density at radius 1 is 0.805 bits per heavy atom. The van der Waals surface area contributed by atoms with E-state index in [1.165, 1.54) is 4.90 Å². The summed E-state index contributed by atoms with van der Waals surface area (Å²) in [4.78, 5) is 47.8. The number of rotatable bonds is 7. The van der Waals surface area contributed by atoms with Crippen molar-refractivity contribution in [2.75, 3.05) is 18.0 Å².